The van der Waals surface area contributed by atoms with Gasteiger partial charge in [-0.25, -0.2) is 0 Å². The molecule has 1 aliphatic heterocycles. The summed E-state index contributed by atoms with van der Waals surface area (Å²) in [6.07, 6.45) is 7.46. The number of nitrogens with two attached hydrogens (primary N) is 1. The molecule has 1 unspecified atom stereocenters. The van der Waals surface area contributed by atoms with Gasteiger partial charge in [0.15, 0.2) is 0 Å². The molecule has 1 atom stereocenters. The van der Waals surface area contributed by atoms with Crippen LogP contribution in [0.5, 0.6) is 0 Å². The Kier molecular flexibility index (Phi) is 6.10. The number of nitriles is 2. The van der Waals surface area contributed by atoms with Crippen molar-refractivity contribution in [1.82, 2.24) is 15.2 Å². The molecule has 1 aromatic heterocycles. The van der Waals surface area contributed by atoms with Crippen LogP contribution in [0.2, 0.25) is 0 Å². The van der Waals surface area contributed by atoms with E-state index in [0.717, 1.165) is 12.1 Å². The van der Waals surface area contributed by atoms with Crippen LogP contribution in [-0.2, 0) is 16.8 Å². The summed E-state index contributed by atoms with van der Waals surface area (Å²) in [4.78, 5) is 18.9. The molecule has 31 heavy (non-hydrogen) atoms. The van der Waals surface area contributed by atoms with Gasteiger partial charge in [0.2, 0.25) is 5.91 Å². The molecule has 3 N–H and O–H groups in total. The number of hydrogen-bond donors (Lipinski definition) is 2. The summed E-state index contributed by atoms with van der Waals surface area (Å²) in [7, 11) is 3.97. The van der Waals surface area contributed by atoms with E-state index in [0.29, 0.717) is 33.8 Å². The number of allylic oxidation sites excluding steroid dienone is 7. The lowest BCUT2D eigenvalue weighted by Crippen LogP contribution is -2.42. The Hall–Kier alpha value is -3.68. The maximum atomic E-state index is 12.1. The molecule has 0 bridgehead atoms. The standard InChI is InChI=1S/C24H26N6O/c1-15-19(11-25)22(20(12-26)16(2)29-15)24(9-5-6-18(10-24)23(27)31)21-8-7-17(13-28-21)14-30(3)4/h5-9,13,22,29H,10,14H2,1-4H3,(H2,27,31). The molecule has 7 nitrogen and oxygen atoms in total. The van der Waals surface area contributed by atoms with Gasteiger partial charge in [-0.1, -0.05) is 24.3 Å². The van der Waals surface area contributed by atoms with Crippen LogP contribution < -0.4 is 11.1 Å². The molecule has 1 amide bonds. The van der Waals surface area contributed by atoms with Crippen LogP contribution in [0.4, 0.5) is 0 Å². The second-order valence-corrected chi connectivity index (χ2v) is 8.28. The molecule has 158 valence electrons. The summed E-state index contributed by atoms with van der Waals surface area (Å²) in [5, 5.41) is 23.2. The molecule has 0 radical (unpaired) electrons. The van der Waals surface area contributed by atoms with Crippen LogP contribution in [0.3, 0.4) is 0 Å². The molecule has 2 aliphatic rings. The van der Waals surface area contributed by atoms with E-state index in [4.69, 9.17) is 10.7 Å². The monoisotopic (exact) mass is 414 g/mol. The Morgan fingerprint density at radius 3 is 2.39 bits per heavy atom. The predicted molar refractivity (Wildman–Crippen MR) is 118 cm³/mol. The minimum Gasteiger partial charge on any atom is -0.366 e. The highest BCUT2D eigenvalue weighted by Gasteiger charge is 2.48. The summed E-state index contributed by atoms with van der Waals surface area (Å²) in [6.45, 7) is 4.38. The molecule has 0 aromatic carbocycles. The number of nitrogens with one attached hydrogen (secondary N) is 1. The molecule has 0 saturated carbocycles. The summed E-state index contributed by atoms with van der Waals surface area (Å²) in [6, 6.07) is 8.49. The van der Waals surface area contributed by atoms with Crippen molar-refractivity contribution in [2.24, 2.45) is 11.7 Å². The fourth-order valence-corrected chi connectivity index (χ4v) is 4.42. The van der Waals surface area contributed by atoms with Gasteiger partial charge < -0.3 is 16.0 Å². The van der Waals surface area contributed by atoms with Crippen LogP contribution in [0.25, 0.3) is 0 Å². The molecule has 0 fully saturated rings. The van der Waals surface area contributed by atoms with Crippen LogP contribution in [0.1, 0.15) is 31.5 Å². The second kappa shape index (κ2) is 8.59. The van der Waals surface area contributed by atoms with Crippen LogP contribution in [-0.4, -0.2) is 29.9 Å². The number of pyridine rings is 1. The maximum Gasteiger partial charge on any atom is 0.244 e. The molecular weight excluding hydrogens is 388 g/mol. The van der Waals surface area contributed by atoms with Gasteiger partial charge in [-0.05, 0) is 46.0 Å². The topological polar surface area (TPSA) is 119 Å². The van der Waals surface area contributed by atoms with E-state index >= 15 is 0 Å². The third-order valence-electron chi connectivity index (χ3n) is 5.81. The molecule has 0 saturated heterocycles. The molecule has 1 aromatic rings. The SMILES string of the molecule is CC1=C(C#N)C(C2(c3ccc(CN(C)C)cn3)C=CC=C(C(N)=O)C2)C(C#N)=C(C)N1. The Bertz CT molecular complexity index is 1070. The lowest BCUT2D eigenvalue weighted by atomic mass is 9.61. The maximum absolute atomic E-state index is 12.1. The minimum atomic E-state index is -0.892. The summed E-state index contributed by atoms with van der Waals surface area (Å²) in [5.41, 5.74) is 9.19. The normalized spacial score (nSPS) is 21.5. The number of carbonyl (C=O) groups excluding carboxylic acids is 1. The Morgan fingerprint density at radius 1 is 1.26 bits per heavy atom. The highest BCUT2D eigenvalue weighted by molar-refractivity contribution is 5.93. The van der Waals surface area contributed by atoms with E-state index in [-0.39, 0.29) is 6.42 Å². The summed E-state index contributed by atoms with van der Waals surface area (Å²) < 4.78 is 0. The van der Waals surface area contributed by atoms with Gasteiger partial charge in [-0.15, -0.1) is 0 Å². The fraction of sp³-hybridized carbons (Fsp3) is 0.333. The number of primary amides is 1. The fourth-order valence-electron chi connectivity index (χ4n) is 4.42. The van der Waals surface area contributed by atoms with E-state index in [1.807, 2.05) is 51.1 Å². The third kappa shape index (κ3) is 4.01. The van der Waals surface area contributed by atoms with Crippen LogP contribution >= 0.6 is 0 Å². The predicted octanol–water partition coefficient (Wildman–Crippen LogP) is 2.57. The lowest BCUT2D eigenvalue weighted by molar-refractivity contribution is -0.114. The average molecular weight is 415 g/mol. The van der Waals surface area contributed by atoms with E-state index in [2.05, 4.69) is 17.5 Å². The highest BCUT2D eigenvalue weighted by atomic mass is 16.1. The minimum absolute atomic E-state index is 0.250. The van der Waals surface area contributed by atoms with Gasteiger partial charge in [0.25, 0.3) is 0 Å². The lowest BCUT2D eigenvalue weighted by Gasteiger charge is -2.42. The first-order chi connectivity index (χ1) is 14.7. The van der Waals surface area contributed by atoms with Crippen molar-refractivity contribution < 1.29 is 4.79 Å². The zero-order chi connectivity index (χ0) is 22.8. The van der Waals surface area contributed by atoms with E-state index in [1.54, 1.807) is 18.3 Å². The van der Waals surface area contributed by atoms with E-state index in [9.17, 15) is 15.3 Å². The van der Waals surface area contributed by atoms with Crippen molar-refractivity contribution in [2.45, 2.75) is 32.2 Å². The van der Waals surface area contributed by atoms with Gasteiger partial charge in [0.1, 0.15) is 0 Å². The molecule has 1 aliphatic carbocycles. The van der Waals surface area contributed by atoms with Crippen LogP contribution in [0, 0.1) is 28.6 Å². The zero-order valence-electron chi connectivity index (χ0n) is 18.2. The first-order valence-corrected chi connectivity index (χ1v) is 10.0. The van der Waals surface area contributed by atoms with Gasteiger partial charge >= 0.3 is 0 Å². The number of carbonyl (C=O) groups is 1. The van der Waals surface area contributed by atoms with Crippen molar-refractivity contribution in [3.05, 3.63) is 75.9 Å². The van der Waals surface area contributed by atoms with Gasteiger partial charge in [-0.3, -0.25) is 9.78 Å². The number of dihydropyridines is 1. The first-order valence-electron chi connectivity index (χ1n) is 10.0. The van der Waals surface area contributed by atoms with E-state index < -0.39 is 17.2 Å². The van der Waals surface area contributed by atoms with Crippen molar-refractivity contribution in [3.8, 4) is 12.1 Å². The summed E-state index contributed by atoms with van der Waals surface area (Å²) >= 11 is 0. The Morgan fingerprint density at radius 2 is 1.90 bits per heavy atom. The van der Waals surface area contributed by atoms with Crippen molar-refractivity contribution in [2.75, 3.05) is 14.1 Å². The number of amides is 1. The third-order valence-corrected chi connectivity index (χ3v) is 5.81. The largest absolute Gasteiger partial charge is 0.366 e. The van der Waals surface area contributed by atoms with Gasteiger partial charge in [-0.2, -0.15) is 10.5 Å². The second-order valence-electron chi connectivity index (χ2n) is 8.28. The molecule has 2 heterocycles. The zero-order valence-corrected chi connectivity index (χ0v) is 18.2. The highest BCUT2D eigenvalue weighted by Crippen LogP contribution is 2.49. The number of nitrogens with zero attached hydrogens (tertiary/aromatic N) is 4. The smallest absolute Gasteiger partial charge is 0.244 e. The number of aromatic nitrogens is 1. The Labute approximate surface area is 182 Å². The average Bonchev–Trinajstić information content (AvgIpc) is 2.73. The molecule has 3 rings (SSSR count). The van der Waals surface area contributed by atoms with Crippen molar-refractivity contribution in [3.63, 3.8) is 0 Å². The van der Waals surface area contributed by atoms with Crippen LogP contribution in [0.15, 0.2) is 64.7 Å². The number of rotatable bonds is 5. The number of hydrogen-bond acceptors (Lipinski definition) is 6. The van der Waals surface area contributed by atoms with Crippen molar-refractivity contribution in [1.29, 1.82) is 10.5 Å². The van der Waals surface area contributed by atoms with Crippen molar-refractivity contribution >= 4 is 5.91 Å². The molecule has 0 spiro atoms. The van der Waals surface area contributed by atoms with E-state index in [1.165, 1.54) is 0 Å². The quantitative estimate of drug-likeness (QED) is 0.764. The first kappa shape index (κ1) is 22.0. The molecule has 7 heteroatoms. The van der Waals surface area contributed by atoms with Gasteiger partial charge in [0.05, 0.1) is 29.0 Å². The summed E-state index contributed by atoms with van der Waals surface area (Å²) in [5.74, 6) is -1.11. The Balaban J connectivity index is 2.25. The molecular formula is C24H26N6O. The van der Waals surface area contributed by atoms with Gasteiger partial charge in [0, 0.05) is 41.0 Å².